The van der Waals surface area contributed by atoms with Gasteiger partial charge in [-0.25, -0.2) is 9.97 Å². The van der Waals surface area contributed by atoms with Gasteiger partial charge in [0.1, 0.15) is 12.1 Å². The number of carbonyl (C=O) groups is 1. The number of aldehydes is 1. The molecular formula is C11H13BrN2O. The van der Waals surface area contributed by atoms with Crippen molar-refractivity contribution in [2.75, 3.05) is 0 Å². The molecule has 0 unspecified atom stereocenters. The number of halogens is 1. The summed E-state index contributed by atoms with van der Waals surface area (Å²) in [4.78, 5) is 19.8. The lowest BCUT2D eigenvalue weighted by molar-refractivity contribution is -0.111. The summed E-state index contributed by atoms with van der Waals surface area (Å²) < 4.78 is 0.809. The fourth-order valence-corrected chi connectivity index (χ4v) is 2.13. The van der Waals surface area contributed by atoms with Crippen molar-refractivity contribution in [3.63, 3.8) is 0 Å². The maximum Gasteiger partial charge on any atom is 0.131 e. The van der Waals surface area contributed by atoms with Gasteiger partial charge >= 0.3 is 0 Å². The van der Waals surface area contributed by atoms with Gasteiger partial charge in [-0.05, 0) is 42.6 Å². The van der Waals surface area contributed by atoms with Gasteiger partial charge in [-0.3, -0.25) is 0 Å². The molecule has 1 aromatic rings. The first-order valence-corrected chi connectivity index (χ1v) is 5.83. The summed E-state index contributed by atoms with van der Waals surface area (Å²) in [6, 6.07) is 0. The molecule has 1 heterocycles. The monoisotopic (exact) mass is 268 g/mol. The molecule has 1 aliphatic rings. The third-order valence-electron chi connectivity index (χ3n) is 2.61. The minimum Gasteiger partial charge on any atom is -0.302 e. The molecule has 3 nitrogen and oxygen atoms in total. The summed E-state index contributed by atoms with van der Waals surface area (Å²) in [5, 5.41) is 0. The van der Waals surface area contributed by atoms with Gasteiger partial charge in [-0.1, -0.05) is 0 Å². The summed E-state index contributed by atoms with van der Waals surface area (Å²) in [5.74, 6) is 1.39. The minimum absolute atomic E-state index is 0.513. The second-order valence-electron chi connectivity index (χ2n) is 4.54. The highest BCUT2D eigenvalue weighted by Gasteiger charge is 2.30. The third-order valence-corrected chi connectivity index (χ3v) is 3.19. The quantitative estimate of drug-likeness (QED) is 0.792. The molecule has 0 amide bonds. The van der Waals surface area contributed by atoms with Crippen molar-refractivity contribution in [3.8, 4) is 0 Å². The van der Waals surface area contributed by atoms with Gasteiger partial charge in [-0.2, -0.15) is 0 Å². The van der Waals surface area contributed by atoms with E-state index in [0.29, 0.717) is 5.92 Å². The average molecular weight is 269 g/mol. The lowest BCUT2D eigenvalue weighted by Gasteiger charge is -2.18. The SMILES string of the molecule is CC(C)(C=O)c1nc(C2CC2)ncc1Br. The van der Waals surface area contributed by atoms with E-state index in [-0.39, 0.29) is 0 Å². The Morgan fingerprint density at radius 1 is 1.53 bits per heavy atom. The van der Waals surface area contributed by atoms with Crippen molar-refractivity contribution in [1.29, 1.82) is 0 Å². The molecule has 1 fully saturated rings. The summed E-state index contributed by atoms with van der Waals surface area (Å²) in [6.45, 7) is 3.73. The normalized spacial score (nSPS) is 16.5. The Bertz CT molecular complexity index is 400. The van der Waals surface area contributed by atoms with Gasteiger partial charge in [0, 0.05) is 12.1 Å². The molecule has 15 heavy (non-hydrogen) atoms. The van der Waals surface area contributed by atoms with Crippen molar-refractivity contribution in [2.24, 2.45) is 0 Å². The van der Waals surface area contributed by atoms with E-state index in [9.17, 15) is 4.79 Å². The molecule has 0 radical (unpaired) electrons. The molecule has 1 aromatic heterocycles. The van der Waals surface area contributed by atoms with Crippen LogP contribution in [0, 0.1) is 0 Å². The van der Waals surface area contributed by atoms with Crippen LogP contribution >= 0.6 is 15.9 Å². The summed E-state index contributed by atoms with van der Waals surface area (Å²) >= 11 is 3.39. The largest absolute Gasteiger partial charge is 0.302 e. The highest BCUT2D eigenvalue weighted by molar-refractivity contribution is 9.10. The lowest BCUT2D eigenvalue weighted by Crippen LogP contribution is -2.22. The van der Waals surface area contributed by atoms with Gasteiger partial charge < -0.3 is 4.79 Å². The zero-order chi connectivity index (χ0) is 11.1. The Labute approximate surface area is 97.4 Å². The second kappa shape index (κ2) is 3.67. The molecule has 1 aliphatic carbocycles. The van der Waals surface area contributed by atoms with Crippen LogP contribution in [0.5, 0.6) is 0 Å². The fraction of sp³-hybridized carbons (Fsp3) is 0.545. The molecule has 0 spiro atoms. The first kappa shape index (κ1) is 10.7. The molecule has 0 aliphatic heterocycles. The summed E-state index contributed by atoms with van der Waals surface area (Å²) in [5.41, 5.74) is 0.236. The predicted molar refractivity (Wildman–Crippen MR) is 60.8 cm³/mol. The molecule has 0 atom stereocenters. The van der Waals surface area contributed by atoms with Crippen LogP contribution in [0.1, 0.15) is 44.1 Å². The van der Waals surface area contributed by atoms with Crippen LogP contribution in [0.25, 0.3) is 0 Å². The summed E-state index contributed by atoms with van der Waals surface area (Å²) in [6.07, 6.45) is 5.02. The van der Waals surface area contributed by atoms with E-state index in [4.69, 9.17) is 0 Å². The Morgan fingerprint density at radius 3 is 2.73 bits per heavy atom. The number of nitrogens with zero attached hydrogens (tertiary/aromatic N) is 2. The van der Waals surface area contributed by atoms with E-state index in [0.717, 1.165) is 22.3 Å². The van der Waals surface area contributed by atoms with Crippen molar-refractivity contribution in [2.45, 2.75) is 38.0 Å². The highest BCUT2D eigenvalue weighted by Crippen LogP contribution is 2.39. The van der Waals surface area contributed by atoms with Gasteiger partial charge in [0.2, 0.25) is 0 Å². The van der Waals surface area contributed by atoms with E-state index in [1.165, 1.54) is 12.8 Å². The average Bonchev–Trinajstić information content (AvgIpc) is 3.02. The van der Waals surface area contributed by atoms with Crippen molar-refractivity contribution >= 4 is 22.2 Å². The zero-order valence-electron chi connectivity index (χ0n) is 8.83. The number of rotatable bonds is 3. The van der Waals surface area contributed by atoms with Gasteiger partial charge in [0.25, 0.3) is 0 Å². The third kappa shape index (κ3) is 2.09. The number of carbonyl (C=O) groups excluding carboxylic acids is 1. The van der Waals surface area contributed by atoms with Crippen LogP contribution < -0.4 is 0 Å². The maximum atomic E-state index is 11.0. The first-order valence-electron chi connectivity index (χ1n) is 5.04. The molecule has 1 saturated carbocycles. The van der Waals surface area contributed by atoms with Gasteiger partial charge in [0.15, 0.2) is 0 Å². The molecule has 0 bridgehead atoms. The first-order chi connectivity index (χ1) is 7.04. The zero-order valence-corrected chi connectivity index (χ0v) is 10.4. The van der Waals surface area contributed by atoms with E-state index in [1.807, 2.05) is 13.8 Å². The maximum absolute atomic E-state index is 11.0. The van der Waals surface area contributed by atoms with Crippen LogP contribution in [0.3, 0.4) is 0 Å². The van der Waals surface area contributed by atoms with Crippen molar-refractivity contribution < 1.29 is 4.79 Å². The fourth-order valence-electron chi connectivity index (χ4n) is 1.43. The van der Waals surface area contributed by atoms with Crippen molar-refractivity contribution in [1.82, 2.24) is 9.97 Å². The van der Waals surface area contributed by atoms with Crippen molar-refractivity contribution in [3.05, 3.63) is 22.2 Å². The van der Waals surface area contributed by atoms with Crippen LogP contribution in [0.2, 0.25) is 0 Å². The Hall–Kier alpha value is -0.770. The summed E-state index contributed by atoms with van der Waals surface area (Å²) in [7, 11) is 0. The van der Waals surface area contributed by atoms with Crippen LogP contribution in [0.4, 0.5) is 0 Å². The number of hydrogen-bond acceptors (Lipinski definition) is 3. The van der Waals surface area contributed by atoms with Crippen LogP contribution in [0.15, 0.2) is 10.7 Å². The highest BCUT2D eigenvalue weighted by atomic mass is 79.9. The van der Waals surface area contributed by atoms with E-state index in [2.05, 4.69) is 25.9 Å². The molecule has 0 N–H and O–H groups in total. The Kier molecular flexibility index (Phi) is 2.63. The molecular weight excluding hydrogens is 256 g/mol. The van der Waals surface area contributed by atoms with Crippen LogP contribution in [-0.4, -0.2) is 16.3 Å². The molecule has 80 valence electrons. The predicted octanol–water partition coefficient (Wildman–Crippen LogP) is 2.59. The number of aromatic nitrogens is 2. The lowest BCUT2D eigenvalue weighted by atomic mass is 9.91. The van der Waals surface area contributed by atoms with Crippen LogP contribution in [-0.2, 0) is 10.2 Å². The van der Waals surface area contributed by atoms with E-state index < -0.39 is 5.41 Å². The molecule has 0 saturated heterocycles. The standard InChI is InChI=1S/C11H13BrN2O/c1-11(2,6-15)9-8(12)5-13-10(14-9)7-3-4-7/h5-7H,3-4H2,1-2H3. The minimum atomic E-state index is -0.550. The van der Waals surface area contributed by atoms with E-state index >= 15 is 0 Å². The van der Waals surface area contributed by atoms with Gasteiger partial charge in [0.05, 0.1) is 15.6 Å². The number of hydrogen-bond donors (Lipinski definition) is 0. The Morgan fingerprint density at radius 2 is 2.20 bits per heavy atom. The van der Waals surface area contributed by atoms with Gasteiger partial charge in [-0.15, -0.1) is 0 Å². The molecule has 4 heteroatoms. The molecule has 2 rings (SSSR count). The molecule has 0 aromatic carbocycles. The Balaban J connectivity index is 2.44. The second-order valence-corrected chi connectivity index (χ2v) is 5.39. The topological polar surface area (TPSA) is 42.9 Å². The smallest absolute Gasteiger partial charge is 0.131 e. The van der Waals surface area contributed by atoms with E-state index in [1.54, 1.807) is 6.20 Å².